The molecular formula is C31H32Cl2F3N5O6. The van der Waals surface area contributed by atoms with Crippen molar-refractivity contribution in [2.24, 2.45) is 0 Å². The maximum atomic E-state index is 14.8. The fourth-order valence-corrected chi connectivity index (χ4v) is 6.06. The van der Waals surface area contributed by atoms with E-state index in [1.54, 1.807) is 20.8 Å². The van der Waals surface area contributed by atoms with E-state index in [-0.39, 0.29) is 59.4 Å². The number of benzene rings is 2. The molecule has 11 nitrogen and oxygen atoms in total. The van der Waals surface area contributed by atoms with Crippen molar-refractivity contribution >= 4 is 46.8 Å². The van der Waals surface area contributed by atoms with Crippen LogP contribution in [0, 0.1) is 17.5 Å². The van der Waals surface area contributed by atoms with Crippen LogP contribution in [0.25, 0.3) is 0 Å². The number of aliphatic hydroxyl groups is 1. The van der Waals surface area contributed by atoms with E-state index in [0.717, 1.165) is 18.2 Å². The topological polar surface area (TPSA) is 135 Å². The van der Waals surface area contributed by atoms with Crippen molar-refractivity contribution in [3.05, 3.63) is 81.3 Å². The fraction of sp³-hybridized carbons (Fsp3) is 0.419. The van der Waals surface area contributed by atoms with Gasteiger partial charge in [0.25, 0.3) is 11.8 Å². The van der Waals surface area contributed by atoms with Gasteiger partial charge < -0.3 is 30.1 Å². The highest BCUT2D eigenvalue weighted by Crippen LogP contribution is 2.36. The summed E-state index contributed by atoms with van der Waals surface area (Å²) in [5.41, 5.74) is -3.09. The summed E-state index contributed by atoms with van der Waals surface area (Å²) < 4.78 is 56.0. The number of aromatic nitrogens is 2. The van der Waals surface area contributed by atoms with E-state index in [0.29, 0.717) is 0 Å². The minimum atomic E-state index is -2.43. The third-order valence-corrected chi connectivity index (χ3v) is 8.27. The van der Waals surface area contributed by atoms with Gasteiger partial charge in [-0.1, -0.05) is 23.2 Å². The minimum absolute atomic E-state index is 0.0153. The molecular weight excluding hydrogens is 666 g/mol. The highest BCUT2D eigenvalue weighted by molar-refractivity contribution is 6.34. The number of hydrogen-bond donors (Lipinski definition) is 3. The SMILES string of the molecule is CC(C)(C)OC(=O)N[C@H]1C[C@@H](n2cc(N3CCC(O)(C(=O)NCc4cc(Cl)cc(Cl)c4F)C3=O)cn2)CO[C@@H]1c1cc(F)ccc1F. The van der Waals surface area contributed by atoms with Crippen LogP contribution in [0.2, 0.25) is 10.0 Å². The molecule has 47 heavy (non-hydrogen) atoms. The first-order valence-electron chi connectivity index (χ1n) is 14.6. The molecule has 16 heteroatoms. The number of amides is 3. The van der Waals surface area contributed by atoms with E-state index in [4.69, 9.17) is 32.7 Å². The molecule has 2 aliphatic heterocycles. The van der Waals surface area contributed by atoms with Gasteiger partial charge in [0.1, 0.15) is 29.2 Å². The van der Waals surface area contributed by atoms with Gasteiger partial charge in [-0.05, 0) is 57.5 Å². The molecule has 0 radical (unpaired) electrons. The van der Waals surface area contributed by atoms with Crippen LogP contribution in [-0.2, 0) is 25.6 Å². The van der Waals surface area contributed by atoms with Crippen molar-refractivity contribution in [1.29, 1.82) is 0 Å². The molecule has 1 unspecified atom stereocenters. The van der Waals surface area contributed by atoms with Crippen LogP contribution in [0.15, 0.2) is 42.7 Å². The molecule has 5 rings (SSSR count). The fourth-order valence-electron chi connectivity index (χ4n) is 5.52. The standard InChI is InChI=1S/C31H32Cl2F3N5O6/c1-30(2,3)47-29(44)39-24-11-19(15-46-26(24)21-10-18(34)4-5-23(21)35)41-14-20(13-38-41)40-7-6-31(45,28(40)43)27(42)37-12-16-8-17(32)9-22(33)25(16)36/h4-5,8-10,13-14,19,24,26,45H,6-7,11-12,15H2,1-3H3,(H,37,42)(H,39,44)/t19-,24+,26-,31?/m1/s1. The molecule has 252 valence electrons. The van der Waals surface area contributed by atoms with Crippen LogP contribution in [0.5, 0.6) is 0 Å². The molecule has 3 amide bonds. The molecule has 3 heterocycles. The number of anilines is 1. The smallest absolute Gasteiger partial charge is 0.407 e. The molecule has 0 saturated carbocycles. The summed E-state index contributed by atoms with van der Waals surface area (Å²) in [6, 6.07) is 4.03. The lowest BCUT2D eigenvalue weighted by Crippen LogP contribution is -2.52. The van der Waals surface area contributed by atoms with E-state index in [1.807, 2.05) is 0 Å². The first kappa shape index (κ1) is 34.5. The second-order valence-electron chi connectivity index (χ2n) is 12.4. The monoisotopic (exact) mass is 697 g/mol. The Balaban J connectivity index is 1.29. The highest BCUT2D eigenvalue weighted by Gasteiger charge is 2.52. The van der Waals surface area contributed by atoms with Gasteiger partial charge in [-0.2, -0.15) is 5.10 Å². The molecule has 2 aliphatic rings. The van der Waals surface area contributed by atoms with Crippen molar-refractivity contribution in [1.82, 2.24) is 20.4 Å². The largest absolute Gasteiger partial charge is 0.444 e. The number of nitrogens with zero attached hydrogens (tertiary/aromatic N) is 3. The summed E-state index contributed by atoms with van der Waals surface area (Å²) in [7, 11) is 0. The Bertz CT molecular complexity index is 1700. The van der Waals surface area contributed by atoms with Crippen LogP contribution in [0.1, 0.15) is 56.9 Å². The molecule has 4 atom stereocenters. The predicted octanol–water partition coefficient (Wildman–Crippen LogP) is 4.99. The van der Waals surface area contributed by atoms with E-state index < -0.39 is 64.7 Å². The third kappa shape index (κ3) is 7.51. The van der Waals surface area contributed by atoms with Crippen LogP contribution >= 0.6 is 23.2 Å². The lowest BCUT2D eigenvalue weighted by atomic mass is 9.93. The van der Waals surface area contributed by atoms with Crippen molar-refractivity contribution in [2.45, 2.75) is 69.5 Å². The summed E-state index contributed by atoms with van der Waals surface area (Å²) in [6.07, 6.45) is 0.944. The van der Waals surface area contributed by atoms with Gasteiger partial charge >= 0.3 is 6.09 Å². The second-order valence-corrected chi connectivity index (χ2v) is 13.2. The Morgan fingerprint density at radius 3 is 2.66 bits per heavy atom. The molecule has 2 saturated heterocycles. The maximum absolute atomic E-state index is 14.8. The zero-order valence-corrected chi connectivity index (χ0v) is 27.0. The first-order chi connectivity index (χ1) is 22.1. The van der Waals surface area contributed by atoms with Gasteiger partial charge in [0.15, 0.2) is 0 Å². The summed E-state index contributed by atoms with van der Waals surface area (Å²) in [5, 5.41) is 20.3. The molecule has 2 fully saturated rings. The number of alkyl carbamates (subject to hydrolysis) is 1. The zero-order valence-electron chi connectivity index (χ0n) is 25.5. The van der Waals surface area contributed by atoms with Gasteiger partial charge in [0.2, 0.25) is 5.60 Å². The van der Waals surface area contributed by atoms with Gasteiger partial charge in [-0.15, -0.1) is 0 Å². The predicted molar refractivity (Wildman–Crippen MR) is 164 cm³/mol. The summed E-state index contributed by atoms with van der Waals surface area (Å²) >= 11 is 11.7. The number of hydrogen-bond acceptors (Lipinski definition) is 7. The molecule has 2 aromatic carbocycles. The van der Waals surface area contributed by atoms with Crippen LogP contribution in [0.3, 0.4) is 0 Å². The number of rotatable bonds is 7. The third-order valence-electron chi connectivity index (χ3n) is 7.78. The minimum Gasteiger partial charge on any atom is -0.444 e. The molecule has 3 aromatic rings. The molecule has 0 aliphatic carbocycles. The number of halogens is 5. The average molecular weight is 699 g/mol. The molecule has 0 bridgehead atoms. The van der Waals surface area contributed by atoms with E-state index in [9.17, 15) is 32.7 Å². The van der Waals surface area contributed by atoms with Gasteiger partial charge in [-0.25, -0.2) is 18.0 Å². The van der Waals surface area contributed by atoms with Crippen LogP contribution in [0.4, 0.5) is 23.7 Å². The van der Waals surface area contributed by atoms with Crippen LogP contribution in [-0.4, -0.2) is 63.2 Å². The Morgan fingerprint density at radius 2 is 1.94 bits per heavy atom. The number of carbonyl (C=O) groups excluding carboxylic acids is 3. The van der Waals surface area contributed by atoms with E-state index in [2.05, 4.69) is 15.7 Å². The normalized spacial score (nSPS) is 23.1. The lowest BCUT2D eigenvalue weighted by Gasteiger charge is -2.37. The van der Waals surface area contributed by atoms with E-state index in [1.165, 1.54) is 34.1 Å². The first-order valence-corrected chi connectivity index (χ1v) is 15.4. The average Bonchev–Trinajstić information content (AvgIpc) is 3.59. The number of carbonyl (C=O) groups is 3. The van der Waals surface area contributed by atoms with Gasteiger partial charge in [-0.3, -0.25) is 14.3 Å². The Kier molecular flexibility index (Phi) is 9.79. The van der Waals surface area contributed by atoms with E-state index >= 15 is 0 Å². The highest BCUT2D eigenvalue weighted by atomic mass is 35.5. The Morgan fingerprint density at radius 1 is 1.19 bits per heavy atom. The van der Waals surface area contributed by atoms with Crippen molar-refractivity contribution in [3.63, 3.8) is 0 Å². The quantitative estimate of drug-likeness (QED) is 0.234. The summed E-state index contributed by atoms with van der Waals surface area (Å²) in [6.45, 7) is 4.62. The molecule has 3 N–H and O–H groups in total. The maximum Gasteiger partial charge on any atom is 0.407 e. The van der Waals surface area contributed by atoms with Crippen molar-refractivity contribution in [2.75, 3.05) is 18.1 Å². The number of nitrogens with one attached hydrogen (secondary N) is 2. The molecule has 1 aromatic heterocycles. The molecule has 0 spiro atoms. The Hall–Kier alpha value is -3.85. The second kappa shape index (κ2) is 13.3. The lowest BCUT2D eigenvalue weighted by molar-refractivity contribution is -0.149. The zero-order chi connectivity index (χ0) is 34.3. The van der Waals surface area contributed by atoms with Gasteiger partial charge in [0.05, 0.1) is 35.6 Å². The number of ether oxygens (including phenoxy) is 2. The van der Waals surface area contributed by atoms with Gasteiger partial charge in [0, 0.05) is 41.9 Å². The van der Waals surface area contributed by atoms with Crippen LogP contribution < -0.4 is 15.5 Å². The summed E-state index contributed by atoms with van der Waals surface area (Å²) in [5.74, 6) is -4.12. The Labute approximate surface area is 277 Å². The summed E-state index contributed by atoms with van der Waals surface area (Å²) in [4.78, 5) is 40.1. The van der Waals surface area contributed by atoms with Crippen molar-refractivity contribution < 1.29 is 42.1 Å². The van der Waals surface area contributed by atoms with Crippen molar-refractivity contribution in [3.8, 4) is 0 Å².